The van der Waals surface area contributed by atoms with Crippen molar-refractivity contribution in [2.75, 3.05) is 0 Å². The van der Waals surface area contributed by atoms with E-state index < -0.39 is 0 Å². The monoisotopic (exact) mass is 301 g/mol. The Bertz CT molecular complexity index is 849. The standard InChI is InChI=1S/C15H12ClN3O2/c16-10-6-4-9(5-7-10)8-17-14(20)11-2-1-3-12-13(11)19-15(21)18-12/h1-7H,8H2,(H,17,20)(H2,18,19,21). The lowest BCUT2D eigenvalue weighted by Gasteiger charge is -2.06. The average molecular weight is 302 g/mol. The highest BCUT2D eigenvalue weighted by atomic mass is 35.5. The van der Waals surface area contributed by atoms with Crippen LogP contribution in [0.25, 0.3) is 11.0 Å². The molecule has 5 nitrogen and oxygen atoms in total. The van der Waals surface area contributed by atoms with E-state index in [4.69, 9.17) is 11.6 Å². The van der Waals surface area contributed by atoms with Crippen LogP contribution in [-0.2, 0) is 6.54 Å². The summed E-state index contributed by atoms with van der Waals surface area (Å²) in [5.74, 6) is -0.245. The molecule has 0 fully saturated rings. The van der Waals surface area contributed by atoms with Crippen LogP contribution in [0.2, 0.25) is 5.02 Å². The number of fused-ring (bicyclic) bond motifs is 1. The van der Waals surface area contributed by atoms with Crippen molar-refractivity contribution in [2.45, 2.75) is 6.54 Å². The molecule has 0 atom stereocenters. The third kappa shape index (κ3) is 2.83. The van der Waals surface area contributed by atoms with Crippen molar-refractivity contribution in [3.8, 4) is 0 Å². The zero-order chi connectivity index (χ0) is 14.8. The summed E-state index contributed by atoms with van der Waals surface area (Å²) in [5, 5.41) is 3.47. The molecule has 1 amide bonds. The number of aromatic nitrogens is 2. The number of halogens is 1. The summed E-state index contributed by atoms with van der Waals surface area (Å²) in [7, 11) is 0. The summed E-state index contributed by atoms with van der Waals surface area (Å²) >= 11 is 5.81. The predicted molar refractivity (Wildman–Crippen MR) is 81.5 cm³/mol. The molecule has 0 aliphatic carbocycles. The van der Waals surface area contributed by atoms with Gasteiger partial charge in [0.15, 0.2) is 0 Å². The van der Waals surface area contributed by atoms with Gasteiger partial charge >= 0.3 is 5.69 Å². The first-order valence-corrected chi connectivity index (χ1v) is 6.75. The molecule has 0 aliphatic rings. The molecule has 0 bridgehead atoms. The summed E-state index contributed by atoms with van der Waals surface area (Å²) in [6.45, 7) is 0.390. The van der Waals surface area contributed by atoms with Gasteiger partial charge in [0, 0.05) is 11.6 Å². The average Bonchev–Trinajstić information content (AvgIpc) is 2.86. The van der Waals surface area contributed by atoms with E-state index in [-0.39, 0.29) is 11.6 Å². The summed E-state index contributed by atoms with van der Waals surface area (Å²) in [6.07, 6.45) is 0. The van der Waals surface area contributed by atoms with E-state index in [1.807, 2.05) is 12.1 Å². The second-order valence-corrected chi connectivity index (χ2v) is 5.05. The maximum Gasteiger partial charge on any atom is 0.323 e. The van der Waals surface area contributed by atoms with Crippen LogP contribution in [0.1, 0.15) is 15.9 Å². The predicted octanol–water partition coefficient (Wildman–Crippen LogP) is 2.44. The molecule has 21 heavy (non-hydrogen) atoms. The number of H-pyrrole nitrogens is 2. The summed E-state index contributed by atoms with van der Waals surface area (Å²) in [5.41, 5.74) is 2.17. The van der Waals surface area contributed by atoms with Crippen LogP contribution in [-0.4, -0.2) is 15.9 Å². The fraction of sp³-hybridized carbons (Fsp3) is 0.0667. The van der Waals surface area contributed by atoms with Crippen LogP contribution < -0.4 is 11.0 Å². The van der Waals surface area contributed by atoms with Crippen molar-refractivity contribution in [3.63, 3.8) is 0 Å². The van der Waals surface area contributed by atoms with Gasteiger partial charge in [-0.3, -0.25) is 4.79 Å². The Morgan fingerprint density at radius 1 is 1.10 bits per heavy atom. The SMILES string of the molecule is O=C(NCc1ccc(Cl)cc1)c1cccc2[nH]c(=O)[nH]c12. The third-order valence-electron chi connectivity index (χ3n) is 3.16. The highest BCUT2D eigenvalue weighted by Crippen LogP contribution is 2.13. The maximum absolute atomic E-state index is 12.2. The Morgan fingerprint density at radius 2 is 1.86 bits per heavy atom. The molecule has 3 aromatic rings. The number of carbonyl (C=O) groups excluding carboxylic acids is 1. The number of benzene rings is 2. The van der Waals surface area contributed by atoms with Crippen LogP contribution in [0, 0.1) is 0 Å². The van der Waals surface area contributed by atoms with Gasteiger partial charge in [-0.15, -0.1) is 0 Å². The first-order valence-electron chi connectivity index (χ1n) is 6.37. The van der Waals surface area contributed by atoms with E-state index in [0.717, 1.165) is 5.56 Å². The quantitative estimate of drug-likeness (QED) is 0.695. The molecule has 0 unspecified atom stereocenters. The number of aromatic amines is 2. The Kier molecular flexibility index (Phi) is 3.50. The van der Waals surface area contributed by atoms with Crippen LogP contribution in [0.5, 0.6) is 0 Å². The highest BCUT2D eigenvalue weighted by Gasteiger charge is 2.11. The second-order valence-electron chi connectivity index (χ2n) is 4.62. The van der Waals surface area contributed by atoms with E-state index >= 15 is 0 Å². The number of carbonyl (C=O) groups is 1. The van der Waals surface area contributed by atoms with Gasteiger partial charge in [0.05, 0.1) is 16.6 Å². The Morgan fingerprint density at radius 3 is 2.62 bits per heavy atom. The van der Waals surface area contributed by atoms with Crippen molar-refractivity contribution in [2.24, 2.45) is 0 Å². The topological polar surface area (TPSA) is 77.8 Å². The van der Waals surface area contributed by atoms with E-state index in [2.05, 4.69) is 15.3 Å². The van der Waals surface area contributed by atoms with Gasteiger partial charge in [0.1, 0.15) is 0 Å². The highest BCUT2D eigenvalue weighted by molar-refractivity contribution is 6.30. The summed E-state index contributed by atoms with van der Waals surface area (Å²) in [6, 6.07) is 12.4. The van der Waals surface area contributed by atoms with E-state index in [1.54, 1.807) is 30.3 Å². The van der Waals surface area contributed by atoms with Gasteiger partial charge in [0.2, 0.25) is 0 Å². The molecule has 2 aromatic carbocycles. The zero-order valence-electron chi connectivity index (χ0n) is 10.9. The minimum absolute atomic E-state index is 0.245. The van der Waals surface area contributed by atoms with Gasteiger partial charge in [-0.05, 0) is 29.8 Å². The summed E-state index contributed by atoms with van der Waals surface area (Å²) < 4.78 is 0. The van der Waals surface area contributed by atoms with Crippen molar-refractivity contribution in [3.05, 3.63) is 69.1 Å². The van der Waals surface area contributed by atoms with E-state index in [0.29, 0.717) is 28.2 Å². The zero-order valence-corrected chi connectivity index (χ0v) is 11.7. The van der Waals surface area contributed by atoms with Gasteiger partial charge in [0.25, 0.3) is 5.91 Å². The largest absolute Gasteiger partial charge is 0.348 e. The van der Waals surface area contributed by atoms with Gasteiger partial charge in [-0.25, -0.2) is 4.79 Å². The van der Waals surface area contributed by atoms with Gasteiger partial charge < -0.3 is 15.3 Å². The number of imidazole rings is 1. The van der Waals surface area contributed by atoms with Crippen molar-refractivity contribution < 1.29 is 4.79 Å². The normalized spacial score (nSPS) is 10.7. The Labute approximate surface area is 125 Å². The van der Waals surface area contributed by atoms with Crippen molar-refractivity contribution in [1.82, 2.24) is 15.3 Å². The minimum Gasteiger partial charge on any atom is -0.348 e. The molecular formula is C15H12ClN3O2. The molecule has 0 radical (unpaired) electrons. The minimum atomic E-state index is -0.331. The summed E-state index contributed by atoms with van der Waals surface area (Å²) in [4.78, 5) is 28.8. The molecule has 0 saturated heterocycles. The second kappa shape index (κ2) is 5.46. The lowest BCUT2D eigenvalue weighted by molar-refractivity contribution is 0.0952. The first kappa shape index (κ1) is 13.5. The first-order chi connectivity index (χ1) is 10.1. The molecule has 1 heterocycles. The third-order valence-corrected chi connectivity index (χ3v) is 3.41. The molecule has 1 aromatic heterocycles. The van der Waals surface area contributed by atoms with E-state index in [1.165, 1.54) is 0 Å². The molecule has 0 aliphatic heterocycles. The van der Waals surface area contributed by atoms with Crippen LogP contribution in [0.3, 0.4) is 0 Å². The maximum atomic E-state index is 12.2. The van der Waals surface area contributed by atoms with Crippen LogP contribution in [0.15, 0.2) is 47.3 Å². The Hall–Kier alpha value is -2.53. The molecular weight excluding hydrogens is 290 g/mol. The van der Waals surface area contributed by atoms with E-state index in [9.17, 15) is 9.59 Å². The van der Waals surface area contributed by atoms with Gasteiger partial charge in [-0.2, -0.15) is 0 Å². The van der Waals surface area contributed by atoms with Crippen molar-refractivity contribution >= 4 is 28.5 Å². The number of rotatable bonds is 3. The van der Waals surface area contributed by atoms with Crippen LogP contribution >= 0.6 is 11.6 Å². The fourth-order valence-corrected chi connectivity index (χ4v) is 2.25. The van der Waals surface area contributed by atoms with Gasteiger partial charge in [-0.1, -0.05) is 29.8 Å². The number of nitrogens with one attached hydrogen (secondary N) is 3. The molecule has 6 heteroatoms. The number of hydrogen-bond acceptors (Lipinski definition) is 2. The number of hydrogen-bond donors (Lipinski definition) is 3. The molecule has 0 spiro atoms. The number of amides is 1. The lowest BCUT2D eigenvalue weighted by atomic mass is 10.1. The van der Waals surface area contributed by atoms with Crippen LogP contribution in [0.4, 0.5) is 0 Å². The molecule has 0 saturated carbocycles. The molecule has 3 rings (SSSR count). The fourth-order valence-electron chi connectivity index (χ4n) is 2.13. The molecule has 3 N–H and O–H groups in total. The molecule has 106 valence electrons. The smallest absolute Gasteiger partial charge is 0.323 e. The Balaban J connectivity index is 1.81. The number of para-hydroxylation sites is 1. The lowest BCUT2D eigenvalue weighted by Crippen LogP contribution is -2.23. The van der Waals surface area contributed by atoms with Crippen molar-refractivity contribution in [1.29, 1.82) is 0 Å².